The largest absolute Gasteiger partial charge is 0.390 e. The van der Waals surface area contributed by atoms with Gasteiger partial charge in [0, 0.05) is 23.1 Å². The van der Waals surface area contributed by atoms with Crippen molar-refractivity contribution in [3.05, 3.63) is 28.2 Å². The van der Waals surface area contributed by atoms with Gasteiger partial charge in [0.15, 0.2) is 0 Å². The standard InChI is InChI=1S/C13H17BrN2OS/c1-13(17)4-6-16(7-5-13)11-3-2-9(12(15)18)8-10(11)14/h2-3,8,17H,4-7H2,1H3,(H2,15,18). The van der Waals surface area contributed by atoms with Crippen LogP contribution in [0.3, 0.4) is 0 Å². The number of halogens is 1. The van der Waals surface area contributed by atoms with Crippen LogP contribution in [0.1, 0.15) is 25.3 Å². The summed E-state index contributed by atoms with van der Waals surface area (Å²) in [6.45, 7) is 3.62. The number of benzene rings is 1. The van der Waals surface area contributed by atoms with E-state index in [4.69, 9.17) is 18.0 Å². The molecule has 1 aromatic carbocycles. The van der Waals surface area contributed by atoms with Gasteiger partial charge in [0.25, 0.3) is 0 Å². The van der Waals surface area contributed by atoms with Crippen molar-refractivity contribution in [1.82, 2.24) is 0 Å². The summed E-state index contributed by atoms with van der Waals surface area (Å²) in [6, 6.07) is 5.91. The lowest BCUT2D eigenvalue weighted by atomic mass is 9.93. The van der Waals surface area contributed by atoms with Crippen LogP contribution < -0.4 is 10.6 Å². The SMILES string of the molecule is CC1(O)CCN(c2ccc(C(N)=S)cc2Br)CC1. The number of hydrogen-bond donors (Lipinski definition) is 2. The minimum absolute atomic E-state index is 0.406. The first-order valence-electron chi connectivity index (χ1n) is 5.96. The molecule has 0 spiro atoms. The predicted octanol–water partition coefficient (Wildman–Crippen LogP) is 2.43. The maximum Gasteiger partial charge on any atom is 0.104 e. The maximum absolute atomic E-state index is 9.95. The number of anilines is 1. The highest BCUT2D eigenvalue weighted by Crippen LogP contribution is 2.31. The lowest BCUT2D eigenvalue weighted by Crippen LogP contribution is -2.42. The lowest BCUT2D eigenvalue weighted by molar-refractivity contribution is 0.0351. The Hall–Kier alpha value is -0.650. The maximum atomic E-state index is 9.95. The minimum Gasteiger partial charge on any atom is -0.390 e. The molecule has 1 saturated heterocycles. The second kappa shape index (κ2) is 5.15. The highest BCUT2D eigenvalue weighted by atomic mass is 79.9. The molecule has 0 atom stereocenters. The van der Waals surface area contributed by atoms with Gasteiger partial charge in [-0.25, -0.2) is 0 Å². The third-order valence-electron chi connectivity index (χ3n) is 3.41. The summed E-state index contributed by atoms with van der Waals surface area (Å²) in [6.07, 6.45) is 1.58. The van der Waals surface area contributed by atoms with Crippen molar-refractivity contribution in [3.8, 4) is 0 Å². The monoisotopic (exact) mass is 328 g/mol. The zero-order chi connectivity index (χ0) is 13.3. The van der Waals surface area contributed by atoms with Crippen molar-refractivity contribution in [2.24, 2.45) is 5.73 Å². The number of nitrogens with two attached hydrogens (primary N) is 1. The summed E-state index contributed by atoms with van der Waals surface area (Å²) in [5.74, 6) is 0. The number of aliphatic hydroxyl groups is 1. The lowest BCUT2D eigenvalue weighted by Gasteiger charge is -2.37. The van der Waals surface area contributed by atoms with Crippen molar-refractivity contribution in [1.29, 1.82) is 0 Å². The molecule has 0 amide bonds. The third kappa shape index (κ3) is 3.02. The van der Waals surface area contributed by atoms with Crippen LogP contribution in [0.5, 0.6) is 0 Å². The number of rotatable bonds is 2. The Kier molecular flexibility index (Phi) is 3.94. The van der Waals surface area contributed by atoms with Gasteiger partial charge in [-0.3, -0.25) is 0 Å². The minimum atomic E-state index is -0.526. The normalized spacial score (nSPS) is 18.7. The van der Waals surface area contributed by atoms with Crippen molar-refractivity contribution in [3.63, 3.8) is 0 Å². The van der Waals surface area contributed by atoms with Crippen LogP contribution in [0.2, 0.25) is 0 Å². The van der Waals surface area contributed by atoms with Crippen LogP contribution in [0.15, 0.2) is 22.7 Å². The first-order valence-corrected chi connectivity index (χ1v) is 7.16. The van der Waals surface area contributed by atoms with Crippen LogP contribution in [0.4, 0.5) is 5.69 Å². The van der Waals surface area contributed by atoms with Gasteiger partial charge in [0.05, 0.1) is 11.3 Å². The van der Waals surface area contributed by atoms with E-state index < -0.39 is 5.60 Å². The van der Waals surface area contributed by atoms with E-state index in [1.165, 1.54) is 0 Å². The first kappa shape index (κ1) is 13.8. The van der Waals surface area contributed by atoms with Gasteiger partial charge >= 0.3 is 0 Å². The van der Waals surface area contributed by atoms with Crippen molar-refractivity contribution in [2.45, 2.75) is 25.4 Å². The molecular weight excluding hydrogens is 312 g/mol. The molecule has 1 heterocycles. The van der Waals surface area contributed by atoms with Crippen LogP contribution >= 0.6 is 28.1 Å². The van der Waals surface area contributed by atoms with Gasteiger partial charge < -0.3 is 15.7 Å². The Morgan fingerprint density at radius 1 is 1.44 bits per heavy atom. The van der Waals surface area contributed by atoms with Gasteiger partial charge in [-0.2, -0.15) is 0 Å². The van der Waals surface area contributed by atoms with Gasteiger partial charge in [-0.05, 0) is 53.9 Å². The topological polar surface area (TPSA) is 49.5 Å². The van der Waals surface area contributed by atoms with Crippen LogP contribution in [0.25, 0.3) is 0 Å². The Bertz CT molecular complexity index is 466. The van der Waals surface area contributed by atoms with Crippen LogP contribution in [-0.4, -0.2) is 28.8 Å². The predicted molar refractivity (Wildman–Crippen MR) is 82.1 cm³/mol. The molecule has 3 nitrogen and oxygen atoms in total. The molecule has 2 rings (SSSR count). The van der Waals surface area contributed by atoms with E-state index in [1.54, 1.807) is 0 Å². The molecule has 1 fully saturated rings. The Balaban J connectivity index is 2.17. The summed E-state index contributed by atoms with van der Waals surface area (Å²) >= 11 is 8.52. The average Bonchev–Trinajstić information content (AvgIpc) is 2.29. The molecular formula is C13H17BrN2OS. The second-order valence-corrected chi connectivity index (χ2v) is 6.31. The van der Waals surface area contributed by atoms with E-state index in [0.717, 1.165) is 41.7 Å². The molecule has 0 aromatic heterocycles. The fraction of sp³-hybridized carbons (Fsp3) is 0.462. The number of piperidine rings is 1. The molecule has 0 bridgehead atoms. The fourth-order valence-corrected chi connectivity index (χ4v) is 2.90. The fourth-order valence-electron chi connectivity index (χ4n) is 2.15. The van der Waals surface area contributed by atoms with Gasteiger partial charge in [0.2, 0.25) is 0 Å². The Morgan fingerprint density at radius 3 is 2.56 bits per heavy atom. The number of nitrogens with zero attached hydrogens (tertiary/aromatic N) is 1. The molecule has 3 N–H and O–H groups in total. The molecule has 18 heavy (non-hydrogen) atoms. The molecule has 5 heteroatoms. The van der Waals surface area contributed by atoms with E-state index >= 15 is 0 Å². The molecule has 1 aliphatic rings. The molecule has 0 radical (unpaired) electrons. The van der Waals surface area contributed by atoms with E-state index in [0.29, 0.717) is 4.99 Å². The number of hydrogen-bond acceptors (Lipinski definition) is 3. The summed E-state index contributed by atoms with van der Waals surface area (Å²) in [5.41, 5.74) is 7.08. The van der Waals surface area contributed by atoms with Gasteiger partial charge in [0.1, 0.15) is 4.99 Å². The Morgan fingerprint density at radius 2 is 2.06 bits per heavy atom. The van der Waals surface area contributed by atoms with Gasteiger partial charge in [-0.1, -0.05) is 12.2 Å². The van der Waals surface area contributed by atoms with Crippen molar-refractivity contribution < 1.29 is 5.11 Å². The molecule has 0 saturated carbocycles. The summed E-state index contributed by atoms with van der Waals surface area (Å²) in [7, 11) is 0. The summed E-state index contributed by atoms with van der Waals surface area (Å²) in [4.78, 5) is 2.68. The first-order chi connectivity index (χ1) is 8.39. The smallest absolute Gasteiger partial charge is 0.104 e. The van der Waals surface area contributed by atoms with Gasteiger partial charge in [-0.15, -0.1) is 0 Å². The molecule has 0 unspecified atom stereocenters. The highest BCUT2D eigenvalue weighted by molar-refractivity contribution is 9.10. The van der Waals surface area contributed by atoms with Crippen molar-refractivity contribution >= 4 is 38.8 Å². The highest BCUT2D eigenvalue weighted by Gasteiger charge is 2.28. The second-order valence-electron chi connectivity index (χ2n) is 5.01. The summed E-state index contributed by atoms with van der Waals surface area (Å²) in [5, 5.41) is 9.95. The molecule has 1 aliphatic heterocycles. The number of thiocarbonyl (C=S) groups is 1. The third-order valence-corrected chi connectivity index (χ3v) is 4.28. The van der Waals surface area contributed by atoms with Crippen LogP contribution in [-0.2, 0) is 0 Å². The zero-order valence-electron chi connectivity index (χ0n) is 10.3. The zero-order valence-corrected chi connectivity index (χ0v) is 12.7. The molecule has 1 aromatic rings. The molecule has 0 aliphatic carbocycles. The average molecular weight is 329 g/mol. The quantitative estimate of drug-likeness (QED) is 0.819. The van der Waals surface area contributed by atoms with E-state index in [-0.39, 0.29) is 0 Å². The summed E-state index contributed by atoms with van der Waals surface area (Å²) < 4.78 is 0.995. The van der Waals surface area contributed by atoms with Crippen molar-refractivity contribution in [2.75, 3.05) is 18.0 Å². The van der Waals surface area contributed by atoms with E-state index in [2.05, 4.69) is 20.8 Å². The molecule has 98 valence electrons. The van der Waals surface area contributed by atoms with Crippen LogP contribution in [0, 0.1) is 0 Å². The van der Waals surface area contributed by atoms with E-state index in [9.17, 15) is 5.11 Å². The Labute approximate surface area is 121 Å². The van der Waals surface area contributed by atoms with E-state index in [1.807, 2.05) is 25.1 Å².